The third kappa shape index (κ3) is 31.5. The van der Waals surface area contributed by atoms with Crippen LogP contribution in [-0.2, 0) is 9.59 Å². The Hall–Kier alpha value is -1.78. The summed E-state index contributed by atoms with van der Waals surface area (Å²) in [6.07, 6.45) is 42.6. The van der Waals surface area contributed by atoms with Gasteiger partial charge in [0.2, 0.25) is 11.8 Å². The van der Waals surface area contributed by atoms with Gasteiger partial charge >= 0.3 is 0 Å². The highest BCUT2D eigenvalue weighted by molar-refractivity contribution is 5.89. The van der Waals surface area contributed by atoms with Gasteiger partial charge in [-0.05, 0) is 50.8 Å². The average Bonchev–Trinajstić information content (AvgIpc) is 3.00. The summed E-state index contributed by atoms with van der Waals surface area (Å²) in [6, 6.07) is -0.688. The highest BCUT2D eigenvalue weighted by atomic mass is 16.2. The molecule has 0 spiro atoms. The minimum atomic E-state index is -0.688. The third-order valence-electron chi connectivity index (χ3n) is 8.40. The largest absolute Gasteiger partial charge is 0.405 e. The van der Waals surface area contributed by atoms with E-state index in [1.54, 1.807) is 6.08 Å². The molecule has 43 heavy (non-hydrogen) atoms. The summed E-state index contributed by atoms with van der Waals surface area (Å²) in [5, 5.41) is 5.81. The first-order valence-electron chi connectivity index (χ1n) is 18.8. The Morgan fingerprint density at radius 1 is 0.558 bits per heavy atom. The predicted octanol–water partition coefficient (Wildman–Crippen LogP) is 10.6. The highest BCUT2D eigenvalue weighted by Gasteiger charge is 2.17. The Bertz CT molecular complexity index is 662. The van der Waals surface area contributed by atoms with Crippen molar-refractivity contribution in [3.05, 3.63) is 24.4 Å². The third-order valence-corrected chi connectivity index (χ3v) is 8.40. The summed E-state index contributed by atoms with van der Waals surface area (Å²) in [6.45, 7) is 5.19. The Kier molecular flexibility index (Phi) is 33.3. The second-order valence-electron chi connectivity index (χ2n) is 12.7. The lowest BCUT2D eigenvalue weighted by atomic mass is 10.0. The molecule has 0 bridgehead atoms. The minimum Gasteiger partial charge on any atom is -0.405 e. The molecular formula is C38H73N3O2. The fourth-order valence-electron chi connectivity index (χ4n) is 5.56. The second kappa shape index (κ2) is 34.7. The van der Waals surface area contributed by atoms with E-state index >= 15 is 0 Å². The van der Waals surface area contributed by atoms with E-state index < -0.39 is 6.04 Å². The van der Waals surface area contributed by atoms with Gasteiger partial charge in [0.25, 0.3) is 0 Å². The molecule has 5 nitrogen and oxygen atoms in total. The molecule has 0 saturated heterocycles. The Labute approximate surface area is 268 Å². The van der Waals surface area contributed by atoms with Gasteiger partial charge < -0.3 is 16.4 Å². The number of nitrogens with one attached hydrogen (secondary N) is 2. The minimum absolute atomic E-state index is 0.0765. The molecule has 0 aliphatic heterocycles. The summed E-state index contributed by atoms with van der Waals surface area (Å²) < 4.78 is 0. The van der Waals surface area contributed by atoms with Gasteiger partial charge in [-0.3, -0.25) is 9.59 Å². The van der Waals surface area contributed by atoms with Crippen molar-refractivity contribution in [2.75, 3.05) is 6.54 Å². The van der Waals surface area contributed by atoms with Crippen LogP contribution in [-0.4, -0.2) is 24.4 Å². The van der Waals surface area contributed by atoms with Crippen LogP contribution in [0.25, 0.3) is 0 Å². The van der Waals surface area contributed by atoms with E-state index in [9.17, 15) is 9.59 Å². The molecule has 0 aliphatic rings. The summed E-state index contributed by atoms with van der Waals surface area (Å²) in [5.74, 6) is -0.248. The lowest BCUT2D eigenvalue weighted by Gasteiger charge is -2.15. The standard InChI is InChI=1S/C38H73N3O2/c1-3-5-7-9-11-13-15-17-19-20-22-24-26-28-30-32-37(42)41-36(33-34-39)38(43)40-35-31-29-27-25-23-21-18-16-14-12-10-8-6-4-2/h17,19,33-34,36H,3-16,18,20-32,35,39H2,1-2H3,(H,40,43)(H,41,42)/b19-17+,34-33+. The van der Waals surface area contributed by atoms with Crippen LogP contribution in [0.15, 0.2) is 24.4 Å². The van der Waals surface area contributed by atoms with E-state index in [2.05, 4.69) is 36.6 Å². The van der Waals surface area contributed by atoms with Gasteiger partial charge in [0.05, 0.1) is 0 Å². The maximum Gasteiger partial charge on any atom is 0.246 e. The fourth-order valence-corrected chi connectivity index (χ4v) is 5.56. The van der Waals surface area contributed by atoms with Gasteiger partial charge in [0.15, 0.2) is 0 Å². The van der Waals surface area contributed by atoms with Crippen LogP contribution in [0.2, 0.25) is 0 Å². The molecular weight excluding hydrogens is 530 g/mol. The van der Waals surface area contributed by atoms with E-state index in [-0.39, 0.29) is 11.8 Å². The first kappa shape index (κ1) is 41.2. The van der Waals surface area contributed by atoms with E-state index in [1.165, 1.54) is 141 Å². The number of allylic oxidation sites excluding steroid dienone is 2. The van der Waals surface area contributed by atoms with Crippen molar-refractivity contribution in [2.24, 2.45) is 5.73 Å². The van der Waals surface area contributed by atoms with Crippen LogP contribution in [0, 0.1) is 0 Å². The number of unbranched alkanes of at least 4 members (excludes halogenated alkanes) is 24. The van der Waals surface area contributed by atoms with Gasteiger partial charge in [-0.2, -0.15) is 0 Å². The first-order chi connectivity index (χ1) is 21.2. The summed E-state index contributed by atoms with van der Waals surface area (Å²) in [7, 11) is 0. The molecule has 0 fully saturated rings. The zero-order chi connectivity index (χ0) is 31.5. The van der Waals surface area contributed by atoms with E-state index in [1.807, 2.05) is 0 Å². The summed E-state index contributed by atoms with van der Waals surface area (Å²) in [4.78, 5) is 25.0. The van der Waals surface area contributed by atoms with Crippen molar-refractivity contribution in [1.29, 1.82) is 0 Å². The molecule has 1 atom stereocenters. The lowest BCUT2D eigenvalue weighted by molar-refractivity contribution is -0.127. The maximum atomic E-state index is 12.6. The van der Waals surface area contributed by atoms with Crippen LogP contribution in [0.1, 0.15) is 194 Å². The van der Waals surface area contributed by atoms with Gasteiger partial charge in [-0.1, -0.05) is 161 Å². The zero-order valence-electron chi connectivity index (χ0n) is 28.8. The van der Waals surface area contributed by atoms with Crippen molar-refractivity contribution in [2.45, 2.75) is 200 Å². The van der Waals surface area contributed by atoms with Crippen LogP contribution >= 0.6 is 0 Å². The topological polar surface area (TPSA) is 84.2 Å². The molecule has 0 heterocycles. The monoisotopic (exact) mass is 604 g/mol. The molecule has 0 aromatic rings. The maximum absolute atomic E-state index is 12.6. The van der Waals surface area contributed by atoms with Crippen molar-refractivity contribution < 1.29 is 9.59 Å². The molecule has 0 aromatic carbocycles. The molecule has 0 rings (SSSR count). The van der Waals surface area contributed by atoms with E-state index in [0.29, 0.717) is 13.0 Å². The van der Waals surface area contributed by atoms with Gasteiger partial charge in [0.1, 0.15) is 6.04 Å². The van der Waals surface area contributed by atoms with E-state index in [0.717, 1.165) is 38.5 Å². The number of rotatable bonds is 33. The Morgan fingerprint density at radius 3 is 1.40 bits per heavy atom. The van der Waals surface area contributed by atoms with Crippen LogP contribution in [0.3, 0.4) is 0 Å². The molecule has 2 amide bonds. The van der Waals surface area contributed by atoms with E-state index in [4.69, 9.17) is 5.73 Å². The molecule has 0 aromatic heterocycles. The number of hydrogen-bond donors (Lipinski definition) is 3. The Balaban J connectivity index is 3.68. The number of amides is 2. The van der Waals surface area contributed by atoms with Crippen molar-refractivity contribution in [1.82, 2.24) is 10.6 Å². The SMILES string of the molecule is CCCCCCCC/C=C/CCCCCCCC(=O)NC(/C=C/N)C(=O)NCCCCCCCCCCCCCCCC. The molecule has 0 radical (unpaired) electrons. The smallest absolute Gasteiger partial charge is 0.246 e. The number of hydrogen-bond acceptors (Lipinski definition) is 3. The zero-order valence-corrected chi connectivity index (χ0v) is 28.8. The van der Waals surface area contributed by atoms with Crippen molar-refractivity contribution in [3.63, 3.8) is 0 Å². The average molecular weight is 604 g/mol. The molecule has 4 N–H and O–H groups in total. The molecule has 5 heteroatoms. The molecule has 0 saturated carbocycles. The highest BCUT2D eigenvalue weighted by Crippen LogP contribution is 2.13. The lowest BCUT2D eigenvalue weighted by Crippen LogP contribution is -2.45. The normalized spacial score (nSPS) is 12.3. The summed E-state index contributed by atoms with van der Waals surface area (Å²) in [5.41, 5.74) is 5.55. The second-order valence-corrected chi connectivity index (χ2v) is 12.7. The van der Waals surface area contributed by atoms with Gasteiger partial charge in [0, 0.05) is 13.0 Å². The Morgan fingerprint density at radius 2 is 0.953 bits per heavy atom. The molecule has 252 valence electrons. The molecule has 0 aliphatic carbocycles. The summed E-state index contributed by atoms with van der Waals surface area (Å²) >= 11 is 0. The predicted molar refractivity (Wildman–Crippen MR) is 188 cm³/mol. The van der Waals surface area contributed by atoms with Crippen molar-refractivity contribution >= 4 is 11.8 Å². The van der Waals surface area contributed by atoms with Crippen molar-refractivity contribution in [3.8, 4) is 0 Å². The number of carbonyl (C=O) groups is 2. The van der Waals surface area contributed by atoms with Crippen LogP contribution in [0.4, 0.5) is 0 Å². The van der Waals surface area contributed by atoms with Gasteiger partial charge in [-0.25, -0.2) is 0 Å². The van der Waals surface area contributed by atoms with Crippen LogP contribution < -0.4 is 16.4 Å². The van der Waals surface area contributed by atoms with Crippen LogP contribution in [0.5, 0.6) is 0 Å². The fraction of sp³-hybridized carbons (Fsp3) is 0.842. The quantitative estimate of drug-likeness (QED) is 0.0515. The molecule has 1 unspecified atom stereocenters. The first-order valence-corrected chi connectivity index (χ1v) is 18.8. The van der Waals surface area contributed by atoms with Gasteiger partial charge in [-0.15, -0.1) is 0 Å². The number of nitrogens with two attached hydrogens (primary N) is 1. The number of carbonyl (C=O) groups excluding carboxylic acids is 2.